The van der Waals surface area contributed by atoms with Gasteiger partial charge in [0.15, 0.2) is 0 Å². The van der Waals surface area contributed by atoms with Gasteiger partial charge in [0.2, 0.25) is 5.91 Å². The van der Waals surface area contributed by atoms with Gasteiger partial charge in [-0.15, -0.1) is 0 Å². The van der Waals surface area contributed by atoms with Gasteiger partial charge in [0.25, 0.3) is 0 Å². The number of methoxy groups -OCH3 is 2. The average molecular weight is 450 g/mol. The van der Waals surface area contributed by atoms with E-state index in [9.17, 15) is 4.79 Å². The van der Waals surface area contributed by atoms with Crippen molar-refractivity contribution in [2.75, 3.05) is 20.8 Å². The molecule has 0 radical (unpaired) electrons. The van der Waals surface area contributed by atoms with Gasteiger partial charge < -0.3 is 19.4 Å². The minimum Gasteiger partial charge on any atom is -0.497 e. The molecule has 0 spiro atoms. The van der Waals surface area contributed by atoms with Gasteiger partial charge in [-0.25, -0.2) is 4.98 Å². The second-order valence-corrected chi connectivity index (χ2v) is 8.85. The fourth-order valence-corrected chi connectivity index (χ4v) is 4.98. The van der Waals surface area contributed by atoms with Gasteiger partial charge in [-0.05, 0) is 49.4 Å². The van der Waals surface area contributed by atoms with E-state index in [1.54, 1.807) is 14.2 Å². The third-order valence-electron chi connectivity index (χ3n) is 6.72. The topological polar surface area (TPSA) is 65.4 Å². The van der Waals surface area contributed by atoms with Gasteiger partial charge in [-0.1, -0.05) is 44.7 Å². The number of benzene rings is 2. The molecule has 0 saturated heterocycles. The lowest BCUT2D eigenvalue weighted by Gasteiger charge is -2.32. The molecule has 1 fully saturated rings. The van der Waals surface area contributed by atoms with Crippen LogP contribution in [0.4, 0.5) is 0 Å². The number of carbonyl (C=O) groups excluding carboxylic acids is 1. The normalized spacial score (nSPS) is 15.4. The van der Waals surface area contributed by atoms with Crippen LogP contribution in [0.1, 0.15) is 57.9 Å². The van der Waals surface area contributed by atoms with Crippen LogP contribution >= 0.6 is 0 Å². The maximum Gasteiger partial charge on any atom is 0.243 e. The van der Waals surface area contributed by atoms with E-state index in [1.807, 2.05) is 36.4 Å². The standard InChI is InChI=1S/C27H35N3O3/c1-4-5-17-28-27(31)25(19-11-7-6-8-12-19)30-23-14-10-9-13-22(23)29-26(30)21-16-15-20(32-2)18-24(21)33-3/h9-10,13-16,18-19,25H,4-8,11-12,17H2,1-3H3,(H,28,31). The van der Waals surface area contributed by atoms with Crippen molar-refractivity contribution in [3.63, 3.8) is 0 Å². The SMILES string of the molecule is CCCCNC(=O)C(C1CCCCC1)n1c(-c2ccc(OC)cc2OC)nc2ccccc21. The van der Waals surface area contributed by atoms with Crippen LogP contribution in [0.15, 0.2) is 42.5 Å². The van der Waals surface area contributed by atoms with Gasteiger partial charge in [-0.3, -0.25) is 4.79 Å². The number of imidazole rings is 1. The number of hydrogen-bond acceptors (Lipinski definition) is 4. The minimum absolute atomic E-state index is 0.0900. The van der Waals surface area contributed by atoms with Gasteiger partial charge >= 0.3 is 0 Å². The number of carbonyl (C=O) groups is 1. The number of hydrogen-bond donors (Lipinski definition) is 1. The Morgan fingerprint density at radius 3 is 2.64 bits per heavy atom. The molecule has 6 nitrogen and oxygen atoms in total. The summed E-state index contributed by atoms with van der Waals surface area (Å²) in [5, 5.41) is 3.22. The van der Waals surface area contributed by atoms with Crippen molar-refractivity contribution in [2.24, 2.45) is 5.92 Å². The molecule has 1 aliphatic carbocycles. The number of fused-ring (bicyclic) bond motifs is 1. The maximum absolute atomic E-state index is 13.7. The lowest BCUT2D eigenvalue weighted by Crippen LogP contribution is -2.38. The Kier molecular flexibility index (Phi) is 7.53. The Labute approximate surface area is 196 Å². The Morgan fingerprint density at radius 1 is 1.12 bits per heavy atom. The van der Waals surface area contributed by atoms with Crippen LogP contribution < -0.4 is 14.8 Å². The van der Waals surface area contributed by atoms with Crippen LogP contribution in [-0.4, -0.2) is 36.2 Å². The molecule has 4 rings (SSSR count). The summed E-state index contributed by atoms with van der Waals surface area (Å²) in [4.78, 5) is 18.7. The Bertz CT molecular complexity index is 1090. The monoisotopic (exact) mass is 449 g/mol. The highest BCUT2D eigenvalue weighted by atomic mass is 16.5. The lowest BCUT2D eigenvalue weighted by atomic mass is 9.83. The lowest BCUT2D eigenvalue weighted by molar-refractivity contribution is -0.126. The van der Waals surface area contributed by atoms with Crippen molar-refractivity contribution in [3.05, 3.63) is 42.5 Å². The summed E-state index contributed by atoms with van der Waals surface area (Å²) in [5.74, 6) is 2.53. The molecule has 1 amide bonds. The van der Waals surface area contributed by atoms with Crippen LogP contribution in [0.5, 0.6) is 11.5 Å². The zero-order valence-corrected chi connectivity index (χ0v) is 20.0. The van der Waals surface area contributed by atoms with Crippen LogP contribution in [0.3, 0.4) is 0 Å². The number of nitrogens with one attached hydrogen (secondary N) is 1. The van der Waals surface area contributed by atoms with Crippen LogP contribution in [0.25, 0.3) is 22.4 Å². The smallest absolute Gasteiger partial charge is 0.243 e. The highest BCUT2D eigenvalue weighted by Crippen LogP contribution is 2.41. The van der Waals surface area contributed by atoms with E-state index < -0.39 is 0 Å². The molecule has 6 heteroatoms. The quantitative estimate of drug-likeness (QED) is 0.422. The van der Waals surface area contributed by atoms with E-state index in [4.69, 9.17) is 14.5 Å². The molecule has 2 aromatic carbocycles. The number of amides is 1. The minimum atomic E-state index is -0.309. The fourth-order valence-electron chi connectivity index (χ4n) is 4.98. The van der Waals surface area contributed by atoms with Crippen molar-refractivity contribution in [2.45, 2.75) is 57.9 Å². The molecular weight excluding hydrogens is 414 g/mol. The van der Waals surface area contributed by atoms with Crippen LogP contribution in [0, 0.1) is 5.92 Å². The Morgan fingerprint density at radius 2 is 1.91 bits per heavy atom. The van der Waals surface area contributed by atoms with Gasteiger partial charge in [0, 0.05) is 12.6 Å². The van der Waals surface area contributed by atoms with Crippen molar-refractivity contribution >= 4 is 16.9 Å². The maximum atomic E-state index is 13.7. The first kappa shape index (κ1) is 23.1. The Balaban J connectivity index is 1.88. The average Bonchev–Trinajstić information content (AvgIpc) is 3.23. The predicted octanol–water partition coefficient (Wildman–Crippen LogP) is 5.76. The predicted molar refractivity (Wildman–Crippen MR) is 132 cm³/mol. The molecule has 1 saturated carbocycles. The molecule has 1 unspecified atom stereocenters. The molecule has 0 bridgehead atoms. The van der Waals surface area contributed by atoms with Crippen molar-refractivity contribution in [1.29, 1.82) is 0 Å². The van der Waals surface area contributed by atoms with E-state index in [-0.39, 0.29) is 17.9 Å². The number of rotatable bonds is 9. The van der Waals surface area contributed by atoms with Gasteiger partial charge in [0.1, 0.15) is 23.4 Å². The molecule has 1 aliphatic rings. The molecule has 3 aromatic rings. The molecule has 176 valence electrons. The van der Waals surface area contributed by atoms with Crippen molar-refractivity contribution in [3.8, 4) is 22.9 Å². The van der Waals surface area contributed by atoms with Crippen LogP contribution in [-0.2, 0) is 4.79 Å². The van der Waals surface area contributed by atoms with Crippen molar-refractivity contribution in [1.82, 2.24) is 14.9 Å². The number of para-hydroxylation sites is 2. The molecule has 1 atom stereocenters. The van der Waals surface area contributed by atoms with Crippen LogP contribution in [0.2, 0.25) is 0 Å². The summed E-state index contributed by atoms with van der Waals surface area (Å²) in [6, 6.07) is 13.5. The number of ether oxygens (including phenoxy) is 2. The first-order valence-electron chi connectivity index (χ1n) is 12.1. The number of aromatic nitrogens is 2. The summed E-state index contributed by atoms with van der Waals surface area (Å²) in [6.45, 7) is 2.84. The zero-order chi connectivity index (χ0) is 23.2. The van der Waals surface area contributed by atoms with E-state index in [1.165, 1.54) is 6.42 Å². The molecule has 1 aromatic heterocycles. The second-order valence-electron chi connectivity index (χ2n) is 8.85. The summed E-state index contributed by atoms with van der Waals surface area (Å²) >= 11 is 0. The zero-order valence-electron chi connectivity index (χ0n) is 20.0. The first-order chi connectivity index (χ1) is 16.2. The summed E-state index contributed by atoms with van der Waals surface area (Å²) < 4.78 is 13.3. The Hall–Kier alpha value is -3.02. The summed E-state index contributed by atoms with van der Waals surface area (Å²) in [6.07, 6.45) is 7.71. The van der Waals surface area contributed by atoms with E-state index in [0.29, 0.717) is 12.3 Å². The van der Waals surface area contributed by atoms with Gasteiger partial charge in [-0.2, -0.15) is 0 Å². The largest absolute Gasteiger partial charge is 0.497 e. The summed E-state index contributed by atoms with van der Waals surface area (Å²) in [7, 11) is 3.30. The number of unbranched alkanes of at least 4 members (excludes halogenated alkanes) is 1. The molecule has 0 aliphatic heterocycles. The highest BCUT2D eigenvalue weighted by molar-refractivity contribution is 5.88. The number of nitrogens with zero attached hydrogens (tertiary/aromatic N) is 2. The molecule has 1 heterocycles. The molecule has 33 heavy (non-hydrogen) atoms. The fraction of sp³-hybridized carbons (Fsp3) is 0.481. The van der Waals surface area contributed by atoms with E-state index in [0.717, 1.165) is 66.7 Å². The summed E-state index contributed by atoms with van der Waals surface area (Å²) in [5.41, 5.74) is 2.72. The third-order valence-corrected chi connectivity index (χ3v) is 6.72. The molecular formula is C27H35N3O3. The van der Waals surface area contributed by atoms with Gasteiger partial charge in [0.05, 0.1) is 30.8 Å². The second kappa shape index (κ2) is 10.7. The highest BCUT2D eigenvalue weighted by Gasteiger charge is 2.34. The third kappa shape index (κ3) is 4.85. The first-order valence-corrected chi connectivity index (χ1v) is 12.1. The van der Waals surface area contributed by atoms with E-state index in [2.05, 4.69) is 22.9 Å². The van der Waals surface area contributed by atoms with Crippen molar-refractivity contribution < 1.29 is 14.3 Å². The molecule has 1 N–H and O–H groups in total. The van der Waals surface area contributed by atoms with E-state index >= 15 is 0 Å².